The number of thiophene rings is 1. The Kier molecular flexibility index (Phi) is 6.04. The van der Waals surface area contributed by atoms with Gasteiger partial charge in [-0.05, 0) is 37.8 Å². The van der Waals surface area contributed by atoms with Crippen molar-refractivity contribution in [1.82, 2.24) is 19.5 Å². The molecular formula is C22H30N4O2S. The number of nitrogens with one attached hydrogen (secondary N) is 1. The molecule has 0 saturated heterocycles. The van der Waals surface area contributed by atoms with Gasteiger partial charge in [-0.15, -0.1) is 11.3 Å². The molecule has 3 aromatic rings. The van der Waals surface area contributed by atoms with Crippen molar-refractivity contribution >= 4 is 33.0 Å². The smallest absolute Gasteiger partial charge is 0.291 e. The fourth-order valence-electron chi connectivity index (χ4n) is 4.33. The number of fused-ring (bicyclic) bond motifs is 3. The molecule has 7 heteroatoms. The van der Waals surface area contributed by atoms with Gasteiger partial charge in [0.1, 0.15) is 11.3 Å². The zero-order chi connectivity index (χ0) is 20.4. The highest BCUT2D eigenvalue weighted by Gasteiger charge is 2.17. The van der Waals surface area contributed by atoms with Gasteiger partial charge in [0.15, 0.2) is 0 Å². The van der Waals surface area contributed by atoms with Crippen LogP contribution in [0, 0.1) is 0 Å². The molecule has 0 bridgehead atoms. The van der Waals surface area contributed by atoms with E-state index in [2.05, 4.69) is 30.3 Å². The monoisotopic (exact) mass is 414 g/mol. The Bertz CT molecular complexity index is 1070. The van der Waals surface area contributed by atoms with Crippen molar-refractivity contribution in [2.45, 2.75) is 84.2 Å². The predicted octanol–water partition coefficient (Wildman–Crippen LogP) is 4.06. The van der Waals surface area contributed by atoms with E-state index < -0.39 is 0 Å². The normalized spacial score (nSPS) is 15.4. The van der Waals surface area contributed by atoms with Gasteiger partial charge >= 0.3 is 0 Å². The average molecular weight is 415 g/mol. The molecule has 1 N–H and O–H groups in total. The van der Waals surface area contributed by atoms with Gasteiger partial charge in [-0.3, -0.25) is 14.0 Å². The summed E-state index contributed by atoms with van der Waals surface area (Å²) in [5.41, 5.74) is 1.70. The van der Waals surface area contributed by atoms with E-state index in [4.69, 9.17) is 0 Å². The van der Waals surface area contributed by atoms with E-state index in [1.54, 1.807) is 16.0 Å². The minimum absolute atomic E-state index is 0.0728. The molecule has 156 valence electrons. The molecule has 29 heavy (non-hydrogen) atoms. The number of amides is 1. The number of hydrogen-bond donors (Lipinski definition) is 1. The number of aryl methyl sites for hydroxylation is 3. The average Bonchev–Trinajstić information content (AvgIpc) is 3.28. The van der Waals surface area contributed by atoms with E-state index in [0.29, 0.717) is 30.9 Å². The second-order valence-corrected chi connectivity index (χ2v) is 9.15. The number of hydrogen-bond acceptors (Lipinski definition) is 4. The minimum atomic E-state index is -0.0728. The zero-order valence-electron chi connectivity index (χ0n) is 17.4. The topological polar surface area (TPSA) is 68.4 Å². The number of rotatable bonds is 7. The molecule has 0 unspecified atom stereocenters. The van der Waals surface area contributed by atoms with Crippen LogP contribution >= 0.6 is 11.3 Å². The molecule has 1 amide bonds. The number of carbonyl (C=O) groups is 1. The molecule has 1 aliphatic carbocycles. The van der Waals surface area contributed by atoms with Gasteiger partial charge in [0.05, 0.1) is 10.2 Å². The maximum atomic E-state index is 13.0. The first-order valence-electron chi connectivity index (χ1n) is 10.9. The quantitative estimate of drug-likeness (QED) is 0.634. The van der Waals surface area contributed by atoms with Crippen LogP contribution in [0.1, 0.15) is 69.5 Å². The molecule has 1 fully saturated rings. The Morgan fingerprint density at radius 1 is 1.17 bits per heavy atom. The summed E-state index contributed by atoms with van der Waals surface area (Å²) in [5.74, 6) is 0.985. The number of aromatic nitrogens is 3. The first-order chi connectivity index (χ1) is 14.1. The maximum Gasteiger partial charge on any atom is 0.291 e. The largest absolute Gasteiger partial charge is 0.353 e. The Balaban J connectivity index is 1.49. The van der Waals surface area contributed by atoms with Crippen molar-refractivity contribution in [1.29, 1.82) is 0 Å². The highest BCUT2D eigenvalue weighted by molar-refractivity contribution is 7.19. The van der Waals surface area contributed by atoms with Crippen LogP contribution in [0.15, 0.2) is 16.9 Å². The Hall–Kier alpha value is -2.15. The summed E-state index contributed by atoms with van der Waals surface area (Å²) in [5, 5.41) is 7.78. The summed E-state index contributed by atoms with van der Waals surface area (Å²) in [6.07, 6.45) is 8.68. The molecule has 1 aliphatic rings. The summed E-state index contributed by atoms with van der Waals surface area (Å²) >= 11 is 1.75. The van der Waals surface area contributed by atoms with Crippen molar-refractivity contribution in [3.8, 4) is 0 Å². The molecule has 0 aromatic carbocycles. The van der Waals surface area contributed by atoms with Crippen molar-refractivity contribution in [3.63, 3.8) is 0 Å². The first kappa shape index (κ1) is 20.1. The van der Waals surface area contributed by atoms with Crippen LogP contribution in [0.5, 0.6) is 0 Å². The van der Waals surface area contributed by atoms with Crippen LogP contribution in [0.3, 0.4) is 0 Å². The SMILES string of the molecule is CCc1cc2c(cc3c(=O)n(CCCC(=O)NC4CCCCC4)nc(CC)n32)s1. The number of nitrogens with zero attached hydrogens (tertiary/aromatic N) is 3. The Morgan fingerprint density at radius 3 is 2.69 bits per heavy atom. The van der Waals surface area contributed by atoms with Crippen molar-refractivity contribution in [3.05, 3.63) is 33.2 Å². The van der Waals surface area contributed by atoms with E-state index >= 15 is 0 Å². The van der Waals surface area contributed by atoms with Crippen molar-refractivity contribution in [2.24, 2.45) is 0 Å². The van der Waals surface area contributed by atoms with E-state index in [0.717, 1.165) is 41.7 Å². The van der Waals surface area contributed by atoms with Crippen molar-refractivity contribution in [2.75, 3.05) is 0 Å². The standard InChI is InChI=1S/C22H30N4O2S/c1-3-16-13-17-19(29-16)14-18-22(28)25(24-20(4-2)26(17)18)12-8-11-21(27)23-15-9-6-5-7-10-15/h13-15H,3-12H2,1-2H3,(H,23,27). The summed E-state index contributed by atoms with van der Waals surface area (Å²) < 4.78 is 4.70. The molecule has 0 atom stereocenters. The summed E-state index contributed by atoms with van der Waals surface area (Å²) in [7, 11) is 0. The third-order valence-electron chi connectivity index (χ3n) is 5.90. The van der Waals surface area contributed by atoms with E-state index in [1.165, 1.54) is 24.1 Å². The van der Waals surface area contributed by atoms with Gasteiger partial charge in [0.25, 0.3) is 5.56 Å². The van der Waals surface area contributed by atoms with Gasteiger partial charge in [-0.2, -0.15) is 5.10 Å². The lowest BCUT2D eigenvalue weighted by Gasteiger charge is -2.22. The third kappa shape index (κ3) is 4.10. The van der Waals surface area contributed by atoms with Crippen molar-refractivity contribution < 1.29 is 4.79 Å². The van der Waals surface area contributed by atoms with E-state index in [1.807, 2.05) is 10.5 Å². The zero-order valence-corrected chi connectivity index (χ0v) is 18.2. The second kappa shape index (κ2) is 8.69. The van der Waals surface area contributed by atoms with Crippen LogP contribution < -0.4 is 10.9 Å². The molecule has 4 rings (SSSR count). The summed E-state index contributed by atoms with van der Waals surface area (Å²) in [4.78, 5) is 26.6. The number of carbonyl (C=O) groups excluding carboxylic acids is 1. The van der Waals surface area contributed by atoms with E-state index in [-0.39, 0.29) is 11.5 Å². The summed E-state index contributed by atoms with van der Waals surface area (Å²) in [6.45, 7) is 4.68. The van der Waals surface area contributed by atoms with Gasteiger partial charge < -0.3 is 5.32 Å². The maximum absolute atomic E-state index is 13.0. The molecule has 3 heterocycles. The molecule has 6 nitrogen and oxygen atoms in total. The van der Waals surface area contributed by atoms with Crippen LogP contribution in [0.25, 0.3) is 15.7 Å². The van der Waals surface area contributed by atoms with Crippen LogP contribution in [0.4, 0.5) is 0 Å². The Morgan fingerprint density at radius 2 is 1.97 bits per heavy atom. The fourth-order valence-corrected chi connectivity index (χ4v) is 5.35. The summed E-state index contributed by atoms with van der Waals surface area (Å²) in [6, 6.07) is 4.50. The highest BCUT2D eigenvalue weighted by atomic mass is 32.1. The predicted molar refractivity (Wildman–Crippen MR) is 118 cm³/mol. The molecule has 1 saturated carbocycles. The second-order valence-electron chi connectivity index (χ2n) is 7.98. The van der Waals surface area contributed by atoms with Gasteiger partial charge in [0, 0.05) is 30.3 Å². The molecule has 0 spiro atoms. The highest BCUT2D eigenvalue weighted by Crippen LogP contribution is 2.29. The van der Waals surface area contributed by atoms with Crippen LogP contribution in [-0.4, -0.2) is 26.1 Å². The fraction of sp³-hybridized carbons (Fsp3) is 0.591. The molecule has 0 radical (unpaired) electrons. The lowest BCUT2D eigenvalue weighted by Crippen LogP contribution is -2.36. The van der Waals surface area contributed by atoms with Crippen LogP contribution in [-0.2, 0) is 24.2 Å². The molecule has 3 aromatic heterocycles. The van der Waals surface area contributed by atoms with Gasteiger partial charge in [-0.25, -0.2) is 4.68 Å². The van der Waals surface area contributed by atoms with Gasteiger partial charge in [-0.1, -0.05) is 33.1 Å². The lowest BCUT2D eigenvalue weighted by molar-refractivity contribution is -0.122. The van der Waals surface area contributed by atoms with Crippen LogP contribution in [0.2, 0.25) is 0 Å². The third-order valence-corrected chi connectivity index (χ3v) is 7.11. The lowest BCUT2D eigenvalue weighted by atomic mass is 9.95. The molecule has 0 aliphatic heterocycles. The van der Waals surface area contributed by atoms with E-state index in [9.17, 15) is 9.59 Å². The first-order valence-corrected chi connectivity index (χ1v) is 11.8. The minimum Gasteiger partial charge on any atom is -0.353 e. The Labute approximate surface area is 174 Å². The molecular weight excluding hydrogens is 384 g/mol. The van der Waals surface area contributed by atoms with Gasteiger partial charge in [0.2, 0.25) is 5.91 Å².